The molecule has 0 bridgehead atoms. The van der Waals surface area contributed by atoms with E-state index in [9.17, 15) is 10.1 Å². The minimum atomic E-state index is -0.249. The normalized spacial score (nSPS) is 13.0. The number of rotatable bonds is 2. The molecule has 2 aromatic heterocycles. The number of fused-ring (bicyclic) bond motifs is 1. The summed E-state index contributed by atoms with van der Waals surface area (Å²) in [6, 6.07) is 2.23. The highest BCUT2D eigenvalue weighted by molar-refractivity contribution is 9.10. The summed E-state index contributed by atoms with van der Waals surface area (Å²) < 4.78 is 2.23. The van der Waals surface area contributed by atoms with E-state index in [1.165, 1.54) is 16.2 Å². The molecular weight excluding hydrogens is 352 g/mol. The third-order valence-corrected chi connectivity index (χ3v) is 5.78. The zero-order chi connectivity index (χ0) is 15.1. The lowest BCUT2D eigenvalue weighted by Gasteiger charge is -2.05. The second-order valence-electron chi connectivity index (χ2n) is 5.00. The molecule has 0 fully saturated rings. The van der Waals surface area contributed by atoms with Crippen LogP contribution >= 0.6 is 27.3 Å². The fourth-order valence-corrected chi connectivity index (χ4v) is 4.40. The quantitative estimate of drug-likeness (QED) is 0.889. The van der Waals surface area contributed by atoms with Crippen LogP contribution in [0.2, 0.25) is 0 Å². The third-order valence-electron chi connectivity index (χ3n) is 3.62. The second kappa shape index (κ2) is 5.28. The molecule has 1 amide bonds. The lowest BCUT2D eigenvalue weighted by atomic mass is 10.1. The molecule has 21 heavy (non-hydrogen) atoms. The Balaban J connectivity index is 1.94. The summed E-state index contributed by atoms with van der Waals surface area (Å²) in [6.07, 6.45) is 3.02. The van der Waals surface area contributed by atoms with Gasteiger partial charge in [-0.1, -0.05) is 0 Å². The third kappa shape index (κ3) is 2.28. The lowest BCUT2D eigenvalue weighted by Crippen LogP contribution is -2.16. The van der Waals surface area contributed by atoms with Crippen molar-refractivity contribution < 1.29 is 4.79 Å². The highest BCUT2D eigenvalue weighted by Crippen LogP contribution is 2.38. The molecule has 0 aliphatic heterocycles. The predicted molar refractivity (Wildman–Crippen MR) is 84.7 cm³/mol. The van der Waals surface area contributed by atoms with E-state index in [-0.39, 0.29) is 5.91 Å². The number of anilines is 1. The summed E-state index contributed by atoms with van der Waals surface area (Å²) >= 11 is 4.90. The highest BCUT2D eigenvalue weighted by Gasteiger charge is 2.25. The van der Waals surface area contributed by atoms with Gasteiger partial charge in [-0.2, -0.15) is 10.4 Å². The summed E-state index contributed by atoms with van der Waals surface area (Å²) in [6.45, 7) is 1.83. The van der Waals surface area contributed by atoms with Crippen molar-refractivity contribution in [2.45, 2.75) is 26.2 Å². The van der Waals surface area contributed by atoms with Gasteiger partial charge in [0.1, 0.15) is 16.8 Å². The minimum Gasteiger partial charge on any atom is -0.311 e. The van der Waals surface area contributed by atoms with Gasteiger partial charge in [0.15, 0.2) is 0 Å². The molecule has 2 aromatic rings. The van der Waals surface area contributed by atoms with Crippen LogP contribution in [0.25, 0.3) is 0 Å². The monoisotopic (exact) mass is 364 g/mol. The van der Waals surface area contributed by atoms with E-state index in [1.807, 2.05) is 6.92 Å². The Hall–Kier alpha value is -1.65. The van der Waals surface area contributed by atoms with E-state index in [0.717, 1.165) is 30.5 Å². The lowest BCUT2D eigenvalue weighted by molar-refractivity contribution is 0.101. The zero-order valence-electron chi connectivity index (χ0n) is 11.7. The van der Waals surface area contributed by atoms with E-state index in [1.54, 1.807) is 11.7 Å². The predicted octanol–water partition coefficient (Wildman–Crippen LogP) is 3.17. The molecule has 5 nitrogen and oxygen atoms in total. The number of amides is 1. The van der Waals surface area contributed by atoms with Gasteiger partial charge in [0, 0.05) is 11.9 Å². The van der Waals surface area contributed by atoms with Crippen LogP contribution < -0.4 is 5.32 Å². The van der Waals surface area contributed by atoms with E-state index in [4.69, 9.17) is 0 Å². The van der Waals surface area contributed by atoms with Crippen molar-refractivity contribution in [2.24, 2.45) is 7.05 Å². The SMILES string of the molecule is Cc1nn(C)c(C(=O)Nc2sc3c(c2C#N)CCC3)c1Br. The molecule has 7 heteroatoms. The first-order valence-electron chi connectivity index (χ1n) is 6.58. The second-order valence-corrected chi connectivity index (χ2v) is 6.90. The average molecular weight is 365 g/mol. The fourth-order valence-electron chi connectivity index (χ4n) is 2.65. The molecular formula is C14H13BrN4OS. The Morgan fingerprint density at radius 3 is 2.90 bits per heavy atom. The molecule has 0 saturated carbocycles. The van der Waals surface area contributed by atoms with Crippen LogP contribution in [0.3, 0.4) is 0 Å². The first kappa shape index (κ1) is 14.3. The van der Waals surface area contributed by atoms with Gasteiger partial charge >= 0.3 is 0 Å². The molecule has 0 saturated heterocycles. The Bertz CT molecular complexity index is 784. The molecule has 1 N–H and O–H groups in total. The molecule has 3 rings (SSSR count). The van der Waals surface area contributed by atoms with E-state index in [0.29, 0.717) is 20.7 Å². The van der Waals surface area contributed by atoms with Crippen molar-refractivity contribution in [1.29, 1.82) is 5.26 Å². The number of aryl methyl sites for hydroxylation is 3. The number of thiophene rings is 1. The maximum absolute atomic E-state index is 12.5. The summed E-state index contributed by atoms with van der Waals surface area (Å²) in [5.74, 6) is -0.249. The smallest absolute Gasteiger partial charge is 0.275 e. The van der Waals surface area contributed by atoms with Gasteiger partial charge in [-0.25, -0.2) is 0 Å². The Kier molecular flexibility index (Phi) is 3.59. The zero-order valence-corrected chi connectivity index (χ0v) is 14.1. The van der Waals surface area contributed by atoms with Crippen molar-refractivity contribution in [3.05, 3.63) is 31.9 Å². The molecule has 1 aliphatic rings. The van der Waals surface area contributed by atoms with Gasteiger partial charge in [0.25, 0.3) is 5.91 Å². The molecule has 2 heterocycles. The van der Waals surface area contributed by atoms with Crippen LogP contribution in [0, 0.1) is 18.3 Å². The van der Waals surface area contributed by atoms with E-state index >= 15 is 0 Å². The number of hydrogen-bond acceptors (Lipinski definition) is 4. The number of nitrogens with one attached hydrogen (secondary N) is 1. The summed E-state index contributed by atoms with van der Waals surface area (Å²) in [5.41, 5.74) is 2.95. The number of carbonyl (C=O) groups excluding carboxylic acids is 1. The number of hydrogen-bond donors (Lipinski definition) is 1. The molecule has 0 radical (unpaired) electrons. The molecule has 0 unspecified atom stereocenters. The number of nitriles is 1. The maximum Gasteiger partial charge on any atom is 0.275 e. The van der Waals surface area contributed by atoms with E-state index < -0.39 is 0 Å². The molecule has 108 valence electrons. The van der Waals surface area contributed by atoms with Gasteiger partial charge in [0.05, 0.1) is 15.7 Å². The van der Waals surface area contributed by atoms with Crippen LogP contribution in [0.1, 0.15) is 38.6 Å². The Morgan fingerprint density at radius 1 is 1.52 bits per heavy atom. The van der Waals surface area contributed by atoms with Gasteiger partial charge in [-0.05, 0) is 47.7 Å². The van der Waals surface area contributed by atoms with Gasteiger partial charge in [0.2, 0.25) is 0 Å². The molecule has 0 atom stereocenters. The van der Waals surface area contributed by atoms with Crippen LogP contribution in [-0.4, -0.2) is 15.7 Å². The van der Waals surface area contributed by atoms with Crippen LogP contribution in [0.15, 0.2) is 4.47 Å². The van der Waals surface area contributed by atoms with Crippen molar-refractivity contribution in [2.75, 3.05) is 5.32 Å². The molecule has 1 aliphatic carbocycles. The van der Waals surface area contributed by atoms with Crippen molar-refractivity contribution in [3.63, 3.8) is 0 Å². The Labute approximate surface area is 134 Å². The summed E-state index contributed by atoms with van der Waals surface area (Å²) in [5, 5.41) is 17.1. The summed E-state index contributed by atoms with van der Waals surface area (Å²) in [7, 11) is 1.73. The van der Waals surface area contributed by atoms with Gasteiger partial charge < -0.3 is 5.32 Å². The number of aromatic nitrogens is 2. The number of halogens is 1. The fraction of sp³-hybridized carbons (Fsp3) is 0.357. The molecule has 0 spiro atoms. The first-order valence-corrected chi connectivity index (χ1v) is 8.19. The van der Waals surface area contributed by atoms with Gasteiger partial charge in [-0.15, -0.1) is 11.3 Å². The van der Waals surface area contributed by atoms with Crippen LogP contribution in [-0.2, 0) is 19.9 Å². The maximum atomic E-state index is 12.5. The van der Waals surface area contributed by atoms with E-state index in [2.05, 4.69) is 32.4 Å². The average Bonchev–Trinajstić information content (AvgIpc) is 3.04. The first-order chi connectivity index (χ1) is 10.0. The molecule has 0 aromatic carbocycles. The van der Waals surface area contributed by atoms with Crippen molar-refractivity contribution in [1.82, 2.24) is 9.78 Å². The number of carbonyl (C=O) groups is 1. The van der Waals surface area contributed by atoms with Crippen LogP contribution in [0.5, 0.6) is 0 Å². The topological polar surface area (TPSA) is 70.7 Å². The number of nitrogens with zero attached hydrogens (tertiary/aromatic N) is 3. The van der Waals surface area contributed by atoms with Crippen molar-refractivity contribution >= 4 is 38.2 Å². The highest BCUT2D eigenvalue weighted by atomic mass is 79.9. The largest absolute Gasteiger partial charge is 0.311 e. The summed E-state index contributed by atoms with van der Waals surface area (Å²) in [4.78, 5) is 13.7. The van der Waals surface area contributed by atoms with Gasteiger partial charge in [-0.3, -0.25) is 9.48 Å². The minimum absolute atomic E-state index is 0.249. The Morgan fingerprint density at radius 2 is 2.29 bits per heavy atom. The van der Waals surface area contributed by atoms with Crippen molar-refractivity contribution in [3.8, 4) is 6.07 Å². The standard InChI is InChI=1S/C14H13BrN4OS/c1-7-11(15)12(19(2)18-7)13(20)17-14-9(6-16)8-4-3-5-10(8)21-14/h3-5H2,1-2H3,(H,17,20). The van der Waals surface area contributed by atoms with Crippen LogP contribution in [0.4, 0.5) is 5.00 Å².